The van der Waals surface area contributed by atoms with Crippen LogP contribution in [0.15, 0.2) is 18.7 Å². The number of hydrogen-bond donors (Lipinski definition) is 1. The van der Waals surface area contributed by atoms with Crippen LogP contribution in [-0.2, 0) is 6.54 Å². The van der Waals surface area contributed by atoms with Crippen molar-refractivity contribution in [3.63, 3.8) is 0 Å². The van der Waals surface area contributed by atoms with E-state index >= 15 is 0 Å². The van der Waals surface area contributed by atoms with E-state index in [0.717, 1.165) is 12.5 Å². The third kappa shape index (κ3) is 3.56. The van der Waals surface area contributed by atoms with E-state index in [1.54, 1.807) is 6.33 Å². The highest BCUT2D eigenvalue weighted by Gasteiger charge is 2.15. The molecular formula is C13H21N3. The lowest BCUT2D eigenvalue weighted by Crippen LogP contribution is -2.28. The van der Waals surface area contributed by atoms with Gasteiger partial charge in [0.05, 0.1) is 0 Å². The van der Waals surface area contributed by atoms with Crippen molar-refractivity contribution in [3.8, 4) is 0 Å². The van der Waals surface area contributed by atoms with Gasteiger partial charge in [0, 0.05) is 30.5 Å². The van der Waals surface area contributed by atoms with Gasteiger partial charge in [-0.1, -0.05) is 19.8 Å². The van der Waals surface area contributed by atoms with Crippen LogP contribution in [0, 0.1) is 5.92 Å². The van der Waals surface area contributed by atoms with Gasteiger partial charge in [0.15, 0.2) is 0 Å². The van der Waals surface area contributed by atoms with Crippen LogP contribution in [0.2, 0.25) is 0 Å². The van der Waals surface area contributed by atoms with Crippen molar-refractivity contribution in [2.24, 2.45) is 5.92 Å². The Hall–Kier alpha value is -0.960. The average Bonchev–Trinajstić information content (AvgIpc) is 2.53. The van der Waals surface area contributed by atoms with Crippen LogP contribution in [0.1, 0.15) is 44.6 Å². The molecule has 1 aliphatic rings. The fraction of sp³-hybridized carbons (Fsp3) is 0.692. The van der Waals surface area contributed by atoms with Crippen molar-refractivity contribution in [1.82, 2.24) is 15.3 Å². The van der Waals surface area contributed by atoms with E-state index < -0.39 is 0 Å². The lowest BCUT2D eigenvalue weighted by Gasteiger charge is -2.16. The Balaban J connectivity index is 1.77. The molecule has 16 heavy (non-hydrogen) atoms. The number of rotatable bonds is 3. The second-order valence-electron chi connectivity index (χ2n) is 4.94. The van der Waals surface area contributed by atoms with Gasteiger partial charge < -0.3 is 5.32 Å². The first-order chi connectivity index (χ1) is 7.84. The molecule has 0 aromatic carbocycles. The summed E-state index contributed by atoms with van der Waals surface area (Å²) in [5, 5.41) is 3.62. The van der Waals surface area contributed by atoms with Crippen molar-refractivity contribution in [3.05, 3.63) is 24.3 Å². The molecule has 3 nitrogen and oxygen atoms in total. The van der Waals surface area contributed by atoms with Gasteiger partial charge in [-0.05, 0) is 25.2 Å². The average molecular weight is 219 g/mol. The molecule has 0 saturated heterocycles. The van der Waals surface area contributed by atoms with Gasteiger partial charge in [0.2, 0.25) is 0 Å². The lowest BCUT2D eigenvalue weighted by molar-refractivity contribution is 0.447. The Bertz CT molecular complexity index is 299. The maximum atomic E-state index is 4.03. The Morgan fingerprint density at radius 3 is 2.81 bits per heavy atom. The molecule has 88 valence electrons. The minimum atomic E-state index is 0.685. The van der Waals surface area contributed by atoms with Crippen molar-refractivity contribution < 1.29 is 0 Å². The molecule has 3 heteroatoms. The monoisotopic (exact) mass is 219 g/mol. The van der Waals surface area contributed by atoms with Crippen LogP contribution in [-0.4, -0.2) is 16.0 Å². The van der Waals surface area contributed by atoms with Gasteiger partial charge in [0.25, 0.3) is 0 Å². The zero-order chi connectivity index (χ0) is 11.2. The summed E-state index contributed by atoms with van der Waals surface area (Å²) in [5.41, 5.74) is 1.18. The van der Waals surface area contributed by atoms with Gasteiger partial charge in [-0.15, -0.1) is 0 Å². The van der Waals surface area contributed by atoms with Crippen LogP contribution in [0.3, 0.4) is 0 Å². The fourth-order valence-corrected chi connectivity index (χ4v) is 2.37. The van der Waals surface area contributed by atoms with Gasteiger partial charge in [-0.2, -0.15) is 0 Å². The Morgan fingerprint density at radius 2 is 2.00 bits per heavy atom. The van der Waals surface area contributed by atoms with Crippen molar-refractivity contribution >= 4 is 0 Å². The Morgan fingerprint density at radius 1 is 1.19 bits per heavy atom. The van der Waals surface area contributed by atoms with Gasteiger partial charge >= 0.3 is 0 Å². The molecule has 1 fully saturated rings. The molecule has 2 atom stereocenters. The summed E-state index contributed by atoms with van der Waals surface area (Å²) in [7, 11) is 0. The minimum absolute atomic E-state index is 0.685. The van der Waals surface area contributed by atoms with Crippen molar-refractivity contribution in [2.45, 2.75) is 51.6 Å². The van der Waals surface area contributed by atoms with Crippen LogP contribution < -0.4 is 5.32 Å². The normalized spacial score (nSPS) is 26.3. The molecule has 0 radical (unpaired) electrons. The topological polar surface area (TPSA) is 37.8 Å². The van der Waals surface area contributed by atoms with Crippen LogP contribution in [0.5, 0.6) is 0 Å². The van der Waals surface area contributed by atoms with Crippen LogP contribution in [0.25, 0.3) is 0 Å². The first-order valence-electron chi connectivity index (χ1n) is 6.32. The molecule has 2 unspecified atom stereocenters. The standard InChI is InChI=1S/C13H21N3/c1-11-3-2-4-13(6-5-11)16-9-12-7-14-10-15-8-12/h7-8,10-11,13,16H,2-6,9H2,1H3. The predicted octanol–water partition coefficient (Wildman–Crippen LogP) is 2.54. The summed E-state index contributed by atoms with van der Waals surface area (Å²) in [5.74, 6) is 0.909. The maximum Gasteiger partial charge on any atom is 0.115 e. The summed E-state index contributed by atoms with van der Waals surface area (Å²) in [6.07, 6.45) is 12.1. The lowest BCUT2D eigenvalue weighted by atomic mass is 10.0. The molecular weight excluding hydrogens is 198 g/mol. The van der Waals surface area contributed by atoms with E-state index in [-0.39, 0.29) is 0 Å². The highest BCUT2D eigenvalue weighted by atomic mass is 14.9. The molecule has 2 rings (SSSR count). The molecule has 1 aromatic rings. The third-order valence-electron chi connectivity index (χ3n) is 3.47. The summed E-state index contributed by atoms with van der Waals surface area (Å²) < 4.78 is 0. The first-order valence-corrected chi connectivity index (χ1v) is 6.32. The summed E-state index contributed by atoms with van der Waals surface area (Å²) >= 11 is 0. The molecule has 0 amide bonds. The molecule has 1 aliphatic carbocycles. The predicted molar refractivity (Wildman–Crippen MR) is 64.9 cm³/mol. The summed E-state index contributed by atoms with van der Waals surface area (Å²) in [4.78, 5) is 8.06. The zero-order valence-corrected chi connectivity index (χ0v) is 10.0. The van der Waals surface area contributed by atoms with Gasteiger partial charge in [0.1, 0.15) is 6.33 Å². The number of hydrogen-bond acceptors (Lipinski definition) is 3. The zero-order valence-electron chi connectivity index (χ0n) is 10.0. The summed E-state index contributed by atoms with van der Waals surface area (Å²) in [6, 6.07) is 0.685. The summed E-state index contributed by atoms with van der Waals surface area (Å²) in [6.45, 7) is 3.27. The molecule has 0 spiro atoms. The van der Waals surface area contributed by atoms with E-state index in [1.165, 1.54) is 37.7 Å². The second-order valence-corrected chi connectivity index (χ2v) is 4.94. The first kappa shape index (κ1) is 11.5. The number of nitrogens with one attached hydrogen (secondary N) is 1. The Kier molecular flexibility index (Phi) is 4.28. The van der Waals surface area contributed by atoms with E-state index in [9.17, 15) is 0 Å². The highest BCUT2D eigenvalue weighted by Crippen LogP contribution is 2.22. The van der Waals surface area contributed by atoms with E-state index in [2.05, 4.69) is 22.2 Å². The largest absolute Gasteiger partial charge is 0.310 e. The van der Waals surface area contributed by atoms with Crippen LogP contribution >= 0.6 is 0 Å². The van der Waals surface area contributed by atoms with E-state index in [0.29, 0.717) is 6.04 Å². The molecule has 0 aliphatic heterocycles. The maximum absolute atomic E-state index is 4.03. The smallest absolute Gasteiger partial charge is 0.115 e. The molecule has 1 N–H and O–H groups in total. The number of aromatic nitrogens is 2. The fourth-order valence-electron chi connectivity index (χ4n) is 2.37. The molecule has 1 heterocycles. The minimum Gasteiger partial charge on any atom is -0.310 e. The molecule has 0 bridgehead atoms. The highest BCUT2D eigenvalue weighted by molar-refractivity contribution is 5.01. The van der Waals surface area contributed by atoms with E-state index in [1.807, 2.05) is 12.4 Å². The van der Waals surface area contributed by atoms with Crippen molar-refractivity contribution in [1.29, 1.82) is 0 Å². The quantitative estimate of drug-likeness (QED) is 0.794. The van der Waals surface area contributed by atoms with E-state index in [4.69, 9.17) is 0 Å². The van der Waals surface area contributed by atoms with Crippen LogP contribution in [0.4, 0.5) is 0 Å². The van der Waals surface area contributed by atoms with Crippen molar-refractivity contribution in [2.75, 3.05) is 0 Å². The third-order valence-corrected chi connectivity index (χ3v) is 3.47. The molecule has 1 saturated carbocycles. The van der Waals surface area contributed by atoms with Gasteiger partial charge in [-0.25, -0.2) is 9.97 Å². The Labute approximate surface area is 97.7 Å². The second kappa shape index (κ2) is 5.94. The molecule has 1 aromatic heterocycles. The SMILES string of the molecule is CC1CCCC(NCc2cncnc2)CC1. The van der Waals surface area contributed by atoms with Gasteiger partial charge in [-0.3, -0.25) is 0 Å². The number of nitrogens with zero attached hydrogens (tertiary/aromatic N) is 2.